The zero-order valence-electron chi connectivity index (χ0n) is 16.0. The molecule has 1 heterocycles. The van der Waals surface area contributed by atoms with Crippen LogP contribution in [0.3, 0.4) is 0 Å². The minimum atomic E-state index is -0.0689. The number of ether oxygens (including phenoxy) is 1. The van der Waals surface area contributed by atoms with Crippen molar-refractivity contribution in [3.63, 3.8) is 0 Å². The van der Waals surface area contributed by atoms with Gasteiger partial charge in [0.2, 0.25) is 0 Å². The SMILES string of the molecule is CCOc1ccc2cc(C(=O)NCCCCN(C)c3ccccc3)[nH]c2c1. The van der Waals surface area contributed by atoms with Gasteiger partial charge in [0.25, 0.3) is 5.91 Å². The van der Waals surface area contributed by atoms with Crippen LogP contribution in [0.2, 0.25) is 0 Å². The van der Waals surface area contributed by atoms with Crippen LogP contribution in [-0.4, -0.2) is 37.6 Å². The van der Waals surface area contributed by atoms with E-state index in [0.29, 0.717) is 18.8 Å². The number of nitrogens with one attached hydrogen (secondary N) is 2. The largest absolute Gasteiger partial charge is 0.494 e. The Bertz CT molecular complexity index is 874. The molecule has 0 saturated heterocycles. The Labute approximate surface area is 160 Å². The molecule has 0 fully saturated rings. The average molecular weight is 365 g/mol. The number of nitrogens with zero attached hydrogens (tertiary/aromatic N) is 1. The number of H-pyrrole nitrogens is 1. The van der Waals surface area contributed by atoms with Gasteiger partial charge in [0.1, 0.15) is 11.4 Å². The van der Waals surface area contributed by atoms with E-state index in [4.69, 9.17) is 4.74 Å². The van der Waals surface area contributed by atoms with Crippen LogP contribution in [0.15, 0.2) is 54.6 Å². The minimum Gasteiger partial charge on any atom is -0.494 e. The number of carbonyl (C=O) groups is 1. The second-order valence-corrected chi connectivity index (χ2v) is 6.59. The van der Waals surface area contributed by atoms with Crippen molar-refractivity contribution in [2.24, 2.45) is 0 Å². The van der Waals surface area contributed by atoms with Gasteiger partial charge in [0, 0.05) is 42.8 Å². The van der Waals surface area contributed by atoms with E-state index in [2.05, 4.69) is 34.4 Å². The van der Waals surface area contributed by atoms with E-state index >= 15 is 0 Å². The van der Waals surface area contributed by atoms with E-state index in [0.717, 1.165) is 36.0 Å². The van der Waals surface area contributed by atoms with Crippen LogP contribution >= 0.6 is 0 Å². The summed E-state index contributed by atoms with van der Waals surface area (Å²) in [6.45, 7) is 4.21. The Kier molecular flexibility index (Phi) is 6.36. The molecule has 142 valence electrons. The summed E-state index contributed by atoms with van der Waals surface area (Å²) in [5.74, 6) is 0.738. The predicted octanol–water partition coefficient (Wildman–Crippen LogP) is 4.21. The maximum Gasteiger partial charge on any atom is 0.267 e. The Balaban J connectivity index is 1.44. The normalized spacial score (nSPS) is 10.7. The van der Waals surface area contributed by atoms with E-state index in [1.54, 1.807) is 0 Å². The summed E-state index contributed by atoms with van der Waals surface area (Å²) in [5, 5.41) is 4.00. The van der Waals surface area contributed by atoms with Gasteiger partial charge < -0.3 is 19.9 Å². The molecule has 27 heavy (non-hydrogen) atoms. The van der Waals surface area contributed by atoms with E-state index < -0.39 is 0 Å². The Hall–Kier alpha value is -2.95. The van der Waals surface area contributed by atoms with Crippen LogP contribution in [0.1, 0.15) is 30.3 Å². The number of rotatable bonds is 9. The number of anilines is 1. The summed E-state index contributed by atoms with van der Waals surface area (Å²) >= 11 is 0. The lowest BCUT2D eigenvalue weighted by Crippen LogP contribution is -2.26. The lowest BCUT2D eigenvalue weighted by molar-refractivity contribution is 0.0949. The summed E-state index contributed by atoms with van der Waals surface area (Å²) in [6, 6.07) is 18.0. The number of para-hydroxylation sites is 1. The van der Waals surface area contributed by atoms with Crippen LogP contribution in [0.25, 0.3) is 10.9 Å². The van der Waals surface area contributed by atoms with Crippen molar-refractivity contribution in [2.45, 2.75) is 19.8 Å². The quantitative estimate of drug-likeness (QED) is 0.559. The molecular formula is C22H27N3O2. The molecule has 0 radical (unpaired) electrons. The maximum atomic E-state index is 12.4. The first kappa shape index (κ1) is 18.8. The van der Waals surface area contributed by atoms with Gasteiger partial charge in [-0.25, -0.2) is 0 Å². The fraction of sp³-hybridized carbons (Fsp3) is 0.318. The third kappa shape index (κ3) is 5.03. The van der Waals surface area contributed by atoms with Crippen LogP contribution < -0.4 is 15.0 Å². The molecule has 0 bridgehead atoms. The molecule has 0 aliphatic carbocycles. The number of unbranched alkanes of at least 4 members (excludes halogenated alkanes) is 1. The molecular weight excluding hydrogens is 338 g/mol. The lowest BCUT2D eigenvalue weighted by atomic mass is 10.2. The first-order valence-electron chi connectivity index (χ1n) is 9.47. The van der Waals surface area contributed by atoms with Crippen molar-refractivity contribution in [3.8, 4) is 5.75 Å². The minimum absolute atomic E-state index is 0.0689. The van der Waals surface area contributed by atoms with Crippen LogP contribution in [0.5, 0.6) is 5.75 Å². The zero-order valence-corrected chi connectivity index (χ0v) is 16.0. The first-order valence-corrected chi connectivity index (χ1v) is 9.47. The maximum absolute atomic E-state index is 12.4. The second-order valence-electron chi connectivity index (χ2n) is 6.59. The fourth-order valence-corrected chi connectivity index (χ4v) is 3.07. The summed E-state index contributed by atoms with van der Waals surface area (Å²) in [5.41, 5.74) is 2.71. The highest BCUT2D eigenvalue weighted by Crippen LogP contribution is 2.21. The van der Waals surface area contributed by atoms with Crippen LogP contribution in [-0.2, 0) is 0 Å². The molecule has 0 saturated carbocycles. The third-order valence-electron chi connectivity index (χ3n) is 4.55. The molecule has 2 aromatic carbocycles. The van der Waals surface area contributed by atoms with E-state index in [1.165, 1.54) is 5.69 Å². The van der Waals surface area contributed by atoms with Gasteiger partial charge in [-0.05, 0) is 50.1 Å². The number of hydrogen-bond donors (Lipinski definition) is 2. The van der Waals surface area contributed by atoms with Gasteiger partial charge >= 0.3 is 0 Å². The molecule has 3 aromatic rings. The number of fused-ring (bicyclic) bond motifs is 1. The monoisotopic (exact) mass is 365 g/mol. The number of benzene rings is 2. The fourth-order valence-electron chi connectivity index (χ4n) is 3.07. The lowest BCUT2D eigenvalue weighted by Gasteiger charge is -2.19. The topological polar surface area (TPSA) is 57.4 Å². The first-order chi connectivity index (χ1) is 13.2. The molecule has 0 aliphatic heterocycles. The number of carbonyl (C=O) groups excluding carboxylic acids is 1. The number of aromatic nitrogens is 1. The Morgan fingerprint density at radius 3 is 2.70 bits per heavy atom. The molecule has 3 rings (SSSR count). The van der Waals surface area contributed by atoms with Gasteiger partial charge in [0.05, 0.1) is 6.61 Å². The van der Waals surface area contributed by atoms with Gasteiger partial charge in [-0.1, -0.05) is 18.2 Å². The molecule has 0 spiro atoms. The molecule has 0 unspecified atom stereocenters. The smallest absolute Gasteiger partial charge is 0.267 e. The summed E-state index contributed by atoms with van der Waals surface area (Å²) in [7, 11) is 2.09. The molecule has 5 heteroatoms. The summed E-state index contributed by atoms with van der Waals surface area (Å²) in [4.78, 5) is 17.8. The van der Waals surface area contributed by atoms with Crippen molar-refractivity contribution in [3.05, 3.63) is 60.3 Å². The van der Waals surface area contributed by atoms with Crippen molar-refractivity contribution in [1.82, 2.24) is 10.3 Å². The van der Waals surface area contributed by atoms with Crippen molar-refractivity contribution in [1.29, 1.82) is 0 Å². The third-order valence-corrected chi connectivity index (χ3v) is 4.55. The van der Waals surface area contributed by atoms with Gasteiger partial charge in [-0.15, -0.1) is 0 Å². The Morgan fingerprint density at radius 1 is 1.11 bits per heavy atom. The van der Waals surface area contributed by atoms with Crippen LogP contribution in [0.4, 0.5) is 5.69 Å². The molecule has 0 aliphatic rings. The highest BCUT2D eigenvalue weighted by molar-refractivity contribution is 5.98. The van der Waals surface area contributed by atoms with Gasteiger partial charge in [-0.2, -0.15) is 0 Å². The highest BCUT2D eigenvalue weighted by atomic mass is 16.5. The molecule has 0 atom stereocenters. The van der Waals surface area contributed by atoms with Crippen molar-refractivity contribution in [2.75, 3.05) is 31.6 Å². The number of amides is 1. The van der Waals surface area contributed by atoms with Gasteiger partial charge in [-0.3, -0.25) is 4.79 Å². The van der Waals surface area contributed by atoms with Gasteiger partial charge in [0.15, 0.2) is 0 Å². The molecule has 5 nitrogen and oxygen atoms in total. The van der Waals surface area contributed by atoms with E-state index in [9.17, 15) is 4.79 Å². The van der Waals surface area contributed by atoms with E-state index in [1.807, 2.05) is 49.4 Å². The molecule has 1 amide bonds. The summed E-state index contributed by atoms with van der Waals surface area (Å²) < 4.78 is 5.50. The molecule has 1 aromatic heterocycles. The van der Waals surface area contributed by atoms with Crippen molar-refractivity contribution < 1.29 is 9.53 Å². The standard InChI is InChI=1S/C22H27N3O2/c1-3-27-19-12-11-17-15-21(24-20(17)16-19)22(26)23-13-7-8-14-25(2)18-9-5-4-6-10-18/h4-6,9-12,15-16,24H,3,7-8,13-14H2,1-2H3,(H,23,26). The predicted molar refractivity (Wildman–Crippen MR) is 111 cm³/mol. The number of hydrogen-bond acceptors (Lipinski definition) is 3. The van der Waals surface area contributed by atoms with Crippen LogP contribution in [0, 0.1) is 0 Å². The average Bonchev–Trinajstić information content (AvgIpc) is 3.12. The summed E-state index contributed by atoms with van der Waals surface area (Å²) in [6.07, 6.45) is 1.97. The molecule has 2 N–H and O–H groups in total. The second kappa shape index (κ2) is 9.12. The van der Waals surface area contributed by atoms with Crippen molar-refractivity contribution >= 4 is 22.5 Å². The zero-order chi connectivity index (χ0) is 19.1. The Morgan fingerprint density at radius 2 is 1.93 bits per heavy atom. The van der Waals surface area contributed by atoms with E-state index in [-0.39, 0.29) is 5.91 Å². The number of aromatic amines is 1. The highest BCUT2D eigenvalue weighted by Gasteiger charge is 2.09.